The van der Waals surface area contributed by atoms with E-state index in [4.69, 9.17) is 9.47 Å². The van der Waals surface area contributed by atoms with E-state index in [0.717, 1.165) is 35.3 Å². The molecule has 1 aromatic heterocycles. The summed E-state index contributed by atoms with van der Waals surface area (Å²) in [6, 6.07) is 9.42. The monoisotopic (exact) mass is 648 g/mol. The Labute approximate surface area is 229 Å². The molecule has 3 aliphatic rings. The molecule has 0 amide bonds. The van der Waals surface area contributed by atoms with Gasteiger partial charge in [-0.05, 0) is 23.9 Å². The first-order valence-electron chi connectivity index (χ1n) is 11.2. The van der Waals surface area contributed by atoms with E-state index in [0.29, 0.717) is 31.0 Å². The molecule has 0 radical (unpaired) electrons. The third-order valence-electron chi connectivity index (χ3n) is 6.78. The molecule has 2 atom stereocenters. The van der Waals surface area contributed by atoms with Crippen LogP contribution in [0.2, 0.25) is 0 Å². The van der Waals surface area contributed by atoms with Crippen molar-refractivity contribution in [2.75, 3.05) is 19.1 Å². The van der Waals surface area contributed by atoms with E-state index < -0.39 is 31.4 Å². The SMILES string of the molecule is O=S(=O)(O)CCC[n+]1c(C=C2Sc3ccc(Br)cc3[N+]23CCC3S(=O)(=O)O)sc2cc3c(cc21)OCO3. The van der Waals surface area contributed by atoms with Gasteiger partial charge in [-0.1, -0.05) is 27.3 Å². The fourth-order valence-electron chi connectivity index (χ4n) is 5.08. The second-order valence-electron chi connectivity index (χ2n) is 8.95. The molecule has 196 valence electrons. The Morgan fingerprint density at radius 3 is 2.57 bits per heavy atom. The number of hydrogen-bond donors (Lipinski definition) is 2. The summed E-state index contributed by atoms with van der Waals surface area (Å²) in [5.74, 6) is 0.804. The van der Waals surface area contributed by atoms with Crippen molar-refractivity contribution in [2.24, 2.45) is 0 Å². The van der Waals surface area contributed by atoms with Crippen LogP contribution in [0.25, 0.3) is 16.3 Å². The van der Waals surface area contributed by atoms with Crippen LogP contribution < -0.4 is 18.5 Å². The van der Waals surface area contributed by atoms with Crippen LogP contribution in [0.1, 0.15) is 17.8 Å². The molecule has 2 N–H and O–H groups in total. The quantitative estimate of drug-likeness (QED) is 0.231. The minimum Gasteiger partial charge on any atom is -0.454 e. The molecule has 10 nitrogen and oxygen atoms in total. The highest BCUT2D eigenvalue weighted by atomic mass is 79.9. The minimum absolute atomic E-state index is 0.000258. The first-order chi connectivity index (χ1) is 17.5. The highest BCUT2D eigenvalue weighted by molar-refractivity contribution is 9.10. The molecule has 3 aromatic rings. The molecule has 4 heterocycles. The number of fused-ring (bicyclic) bond motifs is 4. The van der Waals surface area contributed by atoms with Gasteiger partial charge in [0.15, 0.2) is 28.8 Å². The molecule has 0 aliphatic carbocycles. The summed E-state index contributed by atoms with van der Waals surface area (Å²) in [7, 11) is -8.47. The van der Waals surface area contributed by atoms with Gasteiger partial charge in [-0.25, -0.2) is 4.48 Å². The van der Waals surface area contributed by atoms with Gasteiger partial charge in [0, 0.05) is 23.0 Å². The molecule has 2 aromatic carbocycles. The fraction of sp³-hybridized carbons (Fsp3) is 0.318. The highest BCUT2D eigenvalue weighted by Crippen LogP contribution is 2.58. The van der Waals surface area contributed by atoms with Crippen molar-refractivity contribution >= 4 is 81.2 Å². The van der Waals surface area contributed by atoms with Crippen molar-refractivity contribution < 1.29 is 40.0 Å². The fourth-order valence-corrected chi connectivity index (χ4v) is 9.73. The maximum atomic E-state index is 12.4. The van der Waals surface area contributed by atoms with Crippen molar-refractivity contribution in [2.45, 2.75) is 29.7 Å². The van der Waals surface area contributed by atoms with Crippen molar-refractivity contribution in [1.29, 1.82) is 0 Å². The van der Waals surface area contributed by atoms with Gasteiger partial charge in [-0.3, -0.25) is 9.11 Å². The molecule has 0 bridgehead atoms. The third-order valence-corrected chi connectivity index (χ3v) is 11.7. The van der Waals surface area contributed by atoms with Gasteiger partial charge < -0.3 is 9.47 Å². The van der Waals surface area contributed by atoms with Gasteiger partial charge >= 0.3 is 10.1 Å². The van der Waals surface area contributed by atoms with E-state index in [1.54, 1.807) is 0 Å². The highest BCUT2D eigenvalue weighted by Gasteiger charge is 2.62. The number of aryl methyl sites for hydroxylation is 1. The Morgan fingerprint density at radius 2 is 1.89 bits per heavy atom. The Hall–Kier alpha value is -1.72. The van der Waals surface area contributed by atoms with Gasteiger partial charge in [0.1, 0.15) is 4.70 Å². The number of thioether (sulfide) groups is 1. The number of halogens is 1. The van der Waals surface area contributed by atoms with Crippen LogP contribution in [0, 0.1) is 0 Å². The second kappa shape index (κ2) is 8.91. The number of ether oxygens (including phenoxy) is 2. The molecule has 37 heavy (non-hydrogen) atoms. The molecular weight excluding hydrogens is 628 g/mol. The molecule has 15 heteroatoms. The predicted molar refractivity (Wildman–Crippen MR) is 144 cm³/mol. The zero-order chi connectivity index (χ0) is 26.2. The summed E-state index contributed by atoms with van der Waals surface area (Å²) in [6.07, 6.45) is 2.42. The summed E-state index contributed by atoms with van der Waals surface area (Å²) in [6.45, 7) is 0.924. The lowest BCUT2D eigenvalue weighted by Crippen LogP contribution is -2.66. The maximum absolute atomic E-state index is 12.4. The van der Waals surface area contributed by atoms with Crippen molar-refractivity contribution in [3.8, 4) is 11.5 Å². The third kappa shape index (κ3) is 4.38. The molecule has 2 unspecified atom stereocenters. The number of benzene rings is 2. The standard InChI is InChI=1S/C22H19BrN2O8S4/c23-13-2-3-18-15(8-13)25(6-4-22(25)37(29,30)31)21(35-18)11-20-24(5-1-7-36(26,27)28)14-9-16-17(33-12-32-16)10-19(14)34-20/h2-3,8-11,22H,1,4-7,12H2/p+2. The van der Waals surface area contributed by atoms with Crippen molar-refractivity contribution in [3.05, 3.63) is 44.8 Å². The Balaban J connectivity index is 1.51. The normalized spacial score (nSPS) is 23.6. The molecule has 6 rings (SSSR count). The van der Waals surface area contributed by atoms with Crippen LogP contribution in [0.4, 0.5) is 5.69 Å². The molecule has 3 aliphatic heterocycles. The summed E-state index contributed by atoms with van der Waals surface area (Å²) < 4.78 is 81.6. The predicted octanol–water partition coefficient (Wildman–Crippen LogP) is 3.99. The van der Waals surface area contributed by atoms with Crippen LogP contribution in [-0.2, 0) is 26.8 Å². The summed E-state index contributed by atoms with van der Waals surface area (Å²) in [5, 5.41) is 0.494. The number of rotatable bonds is 6. The molecule has 1 spiro atoms. The maximum Gasteiger partial charge on any atom is 0.320 e. The van der Waals surface area contributed by atoms with E-state index in [2.05, 4.69) is 15.9 Å². The number of aromatic nitrogens is 1. The molecule has 1 fully saturated rings. The lowest BCUT2D eigenvalue weighted by molar-refractivity contribution is -0.668. The zero-order valence-electron chi connectivity index (χ0n) is 19.0. The smallest absolute Gasteiger partial charge is 0.320 e. The minimum atomic E-state index is -4.34. The van der Waals surface area contributed by atoms with E-state index >= 15 is 0 Å². The number of hydrogen-bond acceptors (Lipinski definition) is 8. The number of quaternary nitrogens is 1. The summed E-state index contributed by atoms with van der Waals surface area (Å²) in [5.41, 5.74) is 1.61. The van der Waals surface area contributed by atoms with E-state index in [-0.39, 0.29) is 17.7 Å². The van der Waals surface area contributed by atoms with Crippen molar-refractivity contribution in [1.82, 2.24) is 4.48 Å². The van der Waals surface area contributed by atoms with Crippen LogP contribution in [-0.4, -0.2) is 50.4 Å². The Kier molecular flexibility index (Phi) is 6.15. The first-order valence-corrected chi connectivity index (χ1v) is 16.7. The van der Waals surface area contributed by atoms with Gasteiger partial charge in [-0.2, -0.15) is 21.4 Å². The lowest BCUT2D eigenvalue weighted by Gasteiger charge is -2.47. The van der Waals surface area contributed by atoms with Gasteiger partial charge in [0.25, 0.3) is 15.1 Å². The number of thiazole rings is 1. The molecule has 0 saturated carbocycles. The van der Waals surface area contributed by atoms with E-state index in [9.17, 15) is 25.9 Å². The van der Waals surface area contributed by atoms with Crippen LogP contribution >= 0.6 is 39.0 Å². The summed E-state index contributed by atoms with van der Waals surface area (Å²) in [4.78, 5) is 0.905. The van der Waals surface area contributed by atoms with Crippen LogP contribution in [0.5, 0.6) is 11.5 Å². The van der Waals surface area contributed by atoms with E-state index in [1.165, 1.54) is 23.1 Å². The van der Waals surface area contributed by atoms with Crippen LogP contribution in [0.3, 0.4) is 0 Å². The van der Waals surface area contributed by atoms with Gasteiger partial charge in [-0.15, -0.1) is 0 Å². The van der Waals surface area contributed by atoms with Gasteiger partial charge in [0.05, 0.1) is 35.8 Å². The van der Waals surface area contributed by atoms with E-state index in [1.807, 2.05) is 41.0 Å². The number of nitrogens with zero attached hydrogens (tertiary/aromatic N) is 2. The first kappa shape index (κ1) is 25.6. The second-order valence-corrected chi connectivity index (χ2v) is 15.1. The zero-order valence-corrected chi connectivity index (χ0v) is 23.9. The Bertz CT molecular complexity index is 1700. The largest absolute Gasteiger partial charge is 0.454 e. The average molecular weight is 650 g/mol. The topological polar surface area (TPSA) is 131 Å². The van der Waals surface area contributed by atoms with Gasteiger partial charge in [0.2, 0.25) is 17.7 Å². The summed E-state index contributed by atoms with van der Waals surface area (Å²) >= 11 is 6.40. The molecule has 1 saturated heterocycles. The van der Waals surface area contributed by atoms with Crippen molar-refractivity contribution in [3.63, 3.8) is 0 Å². The lowest BCUT2D eigenvalue weighted by atomic mass is 10.1. The average Bonchev–Trinajstić information content (AvgIpc) is 3.44. The Morgan fingerprint density at radius 1 is 1.14 bits per heavy atom. The molecular formula is C22H21BrN2O8S4+2. The van der Waals surface area contributed by atoms with Crippen LogP contribution in [0.15, 0.2) is 44.7 Å².